The molecule has 10 heteroatoms. The quantitative estimate of drug-likeness (QED) is 0.257. The number of hydrogen-bond acceptors (Lipinski definition) is 9. The largest absolute Gasteiger partial charge is 0.443 e. The molecule has 0 aromatic heterocycles. The van der Waals surface area contributed by atoms with Crippen molar-refractivity contribution in [2.45, 2.75) is 49.8 Å². The molecule has 2 unspecified atom stereocenters. The second-order valence-electron chi connectivity index (χ2n) is 10.2. The van der Waals surface area contributed by atoms with E-state index in [2.05, 4.69) is 34.5 Å². The van der Waals surface area contributed by atoms with Gasteiger partial charge in [0, 0.05) is 31.0 Å². The summed E-state index contributed by atoms with van der Waals surface area (Å²) in [7, 11) is 0. The number of aliphatic hydroxyl groups is 4. The summed E-state index contributed by atoms with van der Waals surface area (Å²) in [4.78, 5) is 16.7. The van der Waals surface area contributed by atoms with Crippen molar-refractivity contribution in [1.82, 2.24) is 4.90 Å². The van der Waals surface area contributed by atoms with Crippen LogP contribution in [0.15, 0.2) is 84.9 Å². The summed E-state index contributed by atoms with van der Waals surface area (Å²) >= 11 is 0. The van der Waals surface area contributed by atoms with Gasteiger partial charge in [0.15, 0.2) is 6.23 Å². The lowest BCUT2D eigenvalue weighted by atomic mass is 9.98. The summed E-state index contributed by atoms with van der Waals surface area (Å²) in [5.41, 5.74) is 3.59. The van der Waals surface area contributed by atoms with Crippen molar-refractivity contribution in [3.63, 3.8) is 0 Å². The number of hydrogen-bond donors (Lipinski definition) is 5. The molecule has 2 aliphatic rings. The molecule has 0 bridgehead atoms. The van der Waals surface area contributed by atoms with Crippen molar-refractivity contribution in [3.05, 3.63) is 96.1 Å². The number of nitrogens with one attached hydrogen (secondary N) is 1. The van der Waals surface area contributed by atoms with Gasteiger partial charge in [0.05, 0.1) is 13.2 Å². The van der Waals surface area contributed by atoms with E-state index in [1.165, 1.54) is 11.1 Å². The maximum absolute atomic E-state index is 12.8. The molecule has 10 nitrogen and oxygen atoms in total. The fourth-order valence-electron chi connectivity index (χ4n) is 5.11. The molecule has 1 amide bonds. The van der Waals surface area contributed by atoms with Crippen LogP contribution in [-0.4, -0.2) is 87.9 Å². The highest BCUT2D eigenvalue weighted by Crippen LogP contribution is 2.27. The van der Waals surface area contributed by atoms with Crippen molar-refractivity contribution < 1.29 is 34.7 Å². The molecule has 40 heavy (non-hydrogen) atoms. The SMILES string of the molecule is O=C1O[C@H](CN(Cc2ccccc2)Cc2ccccc2)CN1c1ccc(N[C@H]2OC(CO)[C@H](O)[C@@H](O)C2O)cc1. The van der Waals surface area contributed by atoms with Crippen LogP contribution in [0, 0.1) is 0 Å². The number of ether oxygens (including phenoxy) is 2. The molecular formula is C30H35N3O7. The first-order valence-corrected chi connectivity index (χ1v) is 13.4. The monoisotopic (exact) mass is 549 g/mol. The highest BCUT2D eigenvalue weighted by molar-refractivity contribution is 5.90. The van der Waals surface area contributed by atoms with Gasteiger partial charge >= 0.3 is 6.09 Å². The molecule has 5 rings (SSSR count). The van der Waals surface area contributed by atoms with E-state index < -0.39 is 43.3 Å². The summed E-state index contributed by atoms with van der Waals surface area (Å²) in [6.45, 7) is 1.92. The van der Waals surface area contributed by atoms with E-state index in [0.717, 1.165) is 13.1 Å². The normalized spacial score (nSPS) is 26.6. The first kappa shape index (κ1) is 28.0. The third kappa shape index (κ3) is 6.61. The van der Waals surface area contributed by atoms with Gasteiger partial charge in [-0.05, 0) is 35.4 Å². The fraction of sp³-hybridized carbons (Fsp3) is 0.367. The standard InChI is InChI=1S/C30H35N3O7/c34-19-25-26(35)27(36)28(37)29(40-25)31-22-11-13-23(14-12-22)33-18-24(39-30(33)38)17-32(15-20-7-3-1-4-8-20)16-21-9-5-2-6-10-21/h1-14,24-29,31,34-37H,15-19H2/t24-,25?,26+,27-,28?,29+/m1/s1. The van der Waals surface area contributed by atoms with Gasteiger partial charge in [-0.2, -0.15) is 0 Å². The van der Waals surface area contributed by atoms with Gasteiger partial charge in [0.2, 0.25) is 0 Å². The lowest BCUT2D eigenvalue weighted by Crippen LogP contribution is -2.60. The molecule has 0 saturated carbocycles. The van der Waals surface area contributed by atoms with Crippen LogP contribution in [0.3, 0.4) is 0 Å². The third-order valence-corrected chi connectivity index (χ3v) is 7.21. The van der Waals surface area contributed by atoms with Crippen LogP contribution >= 0.6 is 0 Å². The molecule has 2 aliphatic heterocycles. The van der Waals surface area contributed by atoms with E-state index in [4.69, 9.17) is 9.47 Å². The van der Waals surface area contributed by atoms with Crippen LogP contribution in [0.5, 0.6) is 0 Å². The highest BCUT2D eigenvalue weighted by Gasteiger charge is 2.43. The van der Waals surface area contributed by atoms with Crippen LogP contribution in [0.1, 0.15) is 11.1 Å². The minimum atomic E-state index is -1.47. The van der Waals surface area contributed by atoms with Crippen LogP contribution in [0.4, 0.5) is 16.2 Å². The van der Waals surface area contributed by atoms with Gasteiger partial charge < -0.3 is 35.2 Å². The Balaban J connectivity index is 1.22. The van der Waals surface area contributed by atoms with Gasteiger partial charge in [0.1, 0.15) is 30.5 Å². The smallest absolute Gasteiger partial charge is 0.414 e. The number of amides is 1. The number of nitrogens with zero attached hydrogens (tertiary/aromatic N) is 2. The molecule has 0 radical (unpaired) electrons. The maximum Gasteiger partial charge on any atom is 0.414 e. The van der Waals surface area contributed by atoms with Crippen molar-refractivity contribution in [3.8, 4) is 0 Å². The Morgan fingerprint density at radius 3 is 2.00 bits per heavy atom. The van der Waals surface area contributed by atoms with E-state index in [9.17, 15) is 25.2 Å². The van der Waals surface area contributed by atoms with Gasteiger partial charge in [0.25, 0.3) is 0 Å². The zero-order chi connectivity index (χ0) is 28.1. The number of aliphatic hydroxyl groups excluding tert-OH is 4. The predicted molar refractivity (Wildman–Crippen MR) is 148 cm³/mol. The summed E-state index contributed by atoms with van der Waals surface area (Å²) in [5.74, 6) is 0. The topological polar surface area (TPSA) is 135 Å². The lowest BCUT2D eigenvalue weighted by molar-refractivity contribution is -0.221. The zero-order valence-electron chi connectivity index (χ0n) is 22.0. The predicted octanol–water partition coefficient (Wildman–Crippen LogP) is 1.93. The van der Waals surface area contributed by atoms with Crippen molar-refractivity contribution in [2.24, 2.45) is 0 Å². The van der Waals surface area contributed by atoms with Crippen LogP contribution in [0.2, 0.25) is 0 Å². The van der Waals surface area contributed by atoms with Gasteiger partial charge in [-0.3, -0.25) is 9.80 Å². The van der Waals surface area contributed by atoms with Gasteiger partial charge in [-0.25, -0.2) is 4.79 Å². The molecule has 6 atom stereocenters. The highest BCUT2D eigenvalue weighted by atomic mass is 16.6. The van der Waals surface area contributed by atoms with Gasteiger partial charge in [-0.1, -0.05) is 60.7 Å². The van der Waals surface area contributed by atoms with E-state index in [-0.39, 0.29) is 6.10 Å². The van der Waals surface area contributed by atoms with E-state index in [1.807, 2.05) is 36.4 Å². The summed E-state index contributed by atoms with van der Waals surface area (Å²) in [6, 6.07) is 27.3. The minimum absolute atomic E-state index is 0.313. The Morgan fingerprint density at radius 1 is 0.825 bits per heavy atom. The summed E-state index contributed by atoms with van der Waals surface area (Å²) < 4.78 is 11.3. The Kier molecular flexibility index (Phi) is 8.95. The molecular weight excluding hydrogens is 514 g/mol. The molecule has 0 spiro atoms. The number of rotatable bonds is 10. The second kappa shape index (κ2) is 12.8. The second-order valence-corrected chi connectivity index (χ2v) is 10.2. The Labute approximate surface area is 233 Å². The van der Waals surface area contributed by atoms with E-state index in [0.29, 0.717) is 24.5 Å². The van der Waals surface area contributed by atoms with Crippen molar-refractivity contribution in [2.75, 3.05) is 29.9 Å². The molecule has 212 valence electrons. The van der Waals surface area contributed by atoms with Crippen LogP contribution in [0.25, 0.3) is 0 Å². The Hall–Kier alpha value is -3.51. The Bertz CT molecular complexity index is 1190. The number of anilines is 2. The summed E-state index contributed by atoms with van der Waals surface area (Å²) in [6.07, 6.45) is -7.07. The van der Waals surface area contributed by atoms with Crippen LogP contribution in [-0.2, 0) is 22.6 Å². The summed E-state index contributed by atoms with van der Waals surface area (Å²) in [5, 5.41) is 42.6. The zero-order valence-corrected chi connectivity index (χ0v) is 22.0. The first-order valence-electron chi connectivity index (χ1n) is 13.4. The van der Waals surface area contributed by atoms with Gasteiger partial charge in [-0.15, -0.1) is 0 Å². The molecule has 3 aromatic carbocycles. The first-order chi connectivity index (χ1) is 19.4. The minimum Gasteiger partial charge on any atom is -0.443 e. The van der Waals surface area contributed by atoms with Crippen LogP contribution < -0.4 is 10.2 Å². The fourth-order valence-corrected chi connectivity index (χ4v) is 5.11. The lowest BCUT2D eigenvalue weighted by Gasteiger charge is -2.40. The number of carbonyl (C=O) groups is 1. The van der Waals surface area contributed by atoms with E-state index in [1.54, 1.807) is 29.2 Å². The average Bonchev–Trinajstić information content (AvgIpc) is 3.34. The molecule has 5 N–H and O–H groups in total. The number of cyclic esters (lactones) is 1. The maximum atomic E-state index is 12.8. The number of carbonyl (C=O) groups excluding carboxylic acids is 1. The molecule has 2 saturated heterocycles. The molecule has 2 heterocycles. The van der Waals surface area contributed by atoms with Crippen molar-refractivity contribution >= 4 is 17.5 Å². The Morgan fingerprint density at radius 2 is 1.43 bits per heavy atom. The number of benzene rings is 3. The average molecular weight is 550 g/mol. The molecule has 3 aromatic rings. The molecule has 2 fully saturated rings. The van der Waals surface area contributed by atoms with Crippen molar-refractivity contribution in [1.29, 1.82) is 0 Å². The third-order valence-electron chi connectivity index (χ3n) is 7.21. The van der Waals surface area contributed by atoms with E-state index >= 15 is 0 Å². The molecule has 0 aliphatic carbocycles.